The first-order chi connectivity index (χ1) is 40.5. The Bertz CT molecular complexity index is 3250. The number of benzene rings is 8. The van der Waals surface area contributed by atoms with Gasteiger partial charge in [-0.25, -0.2) is 19.2 Å². The molecule has 0 saturated heterocycles. The van der Waals surface area contributed by atoms with Crippen molar-refractivity contribution in [2.45, 2.75) is 56.8 Å². The van der Waals surface area contributed by atoms with Gasteiger partial charge in [-0.2, -0.15) is 0 Å². The third-order valence-corrected chi connectivity index (χ3v) is 14.8. The fourth-order valence-corrected chi connectivity index (χ4v) is 10.3. The zero-order valence-corrected chi connectivity index (χ0v) is 47.0. The largest absolute Gasteiger partial charge is 0.494 e. The van der Waals surface area contributed by atoms with Gasteiger partial charge in [-0.3, -0.25) is 0 Å². The van der Waals surface area contributed by atoms with Crippen LogP contribution in [0.3, 0.4) is 0 Å². The molecule has 0 unspecified atom stereocenters. The van der Waals surface area contributed by atoms with Crippen LogP contribution in [0.4, 0.5) is 22.7 Å². The molecular weight excluding hydrogens is 1040 g/mol. The summed E-state index contributed by atoms with van der Waals surface area (Å²) < 4.78 is 33.2. The zero-order chi connectivity index (χ0) is 58.0. The summed E-state index contributed by atoms with van der Waals surface area (Å²) in [4.78, 5) is 53.0. The number of fused-ring (bicyclic) bond motifs is 3. The molecule has 83 heavy (non-hydrogen) atoms. The summed E-state index contributed by atoms with van der Waals surface area (Å²) in [5, 5.41) is 0. The van der Waals surface area contributed by atoms with E-state index < -0.39 is 29.3 Å². The standard InChI is InChI=1S/C71H68N2O10/c1-5-67(74)80-49-17-9-7-15-47-78-59-39-43-61(44-40-59)82-69(76)51-23-31-55(32-24-51)72(3)57-35-27-53(28-36-57)71(65-21-13-11-19-63(65)64-20-12-14-22-66(64)71)54-29-37-58(38-30-54)73(4)56-33-25-52(26-34-56)70(77)83-62-45-41-60(42-46-62)79-48-16-8-10-18-50-81-68(75)6-2/h5-6,11-14,19-46H,1-2,7-10,15-18,47-50H2,3-4H3. The van der Waals surface area contributed by atoms with Crippen LogP contribution in [0.25, 0.3) is 11.1 Å². The highest BCUT2D eigenvalue weighted by Crippen LogP contribution is 2.56. The van der Waals surface area contributed by atoms with Crippen molar-refractivity contribution in [2.75, 3.05) is 50.3 Å². The van der Waals surface area contributed by atoms with Gasteiger partial charge >= 0.3 is 23.9 Å². The Kier molecular flexibility index (Phi) is 19.7. The Morgan fingerprint density at radius 2 is 0.699 bits per heavy atom. The molecule has 8 aromatic carbocycles. The molecule has 0 radical (unpaired) electrons. The highest BCUT2D eigenvalue weighted by Gasteiger charge is 2.46. The van der Waals surface area contributed by atoms with Gasteiger partial charge in [-0.15, -0.1) is 0 Å². The van der Waals surface area contributed by atoms with Crippen LogP contribution < -0.4 is 28.7 Å². The van der Waals surface area contributed by atoms with Crippen LogP contribution in [0.15, 0.2) is 219 Å². The molecule has 0 saturated carbocycles. The second-order valence-electron chi connectivity index (χ2n) is 20.1. The minimum Gasteiger partial charge on any atom is -0.494 e. The Hall–Kier alpha value is -9.68. The van der Waals surface area contributed by atoms with E-state index in [0.29, 0.717) is 60.6 Å². The molecule has 0 aromatic heterocycles. The lowest BCUT2D eigenvalue weighted by Gasteiger charge is -2.34. The van der Waals surface area contributed by atoms with Crippen LogP contribution in [0.1, 0.15) is 94.3 Å². The predicted molar refractivity (Wildman–Crippen MR) is 326 cm³/mol. The van der Waals surface area contributed by atoms with Crippen LogP contribution in [-0.2, 0) is 24.5 Å². The molecule has 1 aliphatic rings. The van der Waals surface area contributed by atoms with Crippen molar-refractivity contribution in [1.82, 2.24) is 0 Å². The average Bonchev–Trinajstić information content (AvgIpc) is 1.74. The lowest BCUT2D eigenvalue weighted by Crippen LogP contribution is -2.28. The number of carbonyl (C=O) groups is 4. The van der Waals surface area contributed by atoms with Gasteiger partial charge in [0.15, 0.2) is 0 Å². The number of unbranched alkanes of at least 4 members (excludes halogenated alkanes) is 6. The van der Waals surface area contributed by atoms with Gasteiger partial charge in [0, 0.05) is 49.0 Å². The first-order valence-corrected chi connectivity index (χ1v) is 28.1. The number of ether oxygens (including phenoxy) is 6. The topological polar surface area (TPSA) is 130 Å². The van der Waals surface area contributed by atoms with Crippen molar-refractivity contribution < 1.29 is 47.6 Å². The highest BCUT2D eigenvalue weighted by atomic mass is 16.5. The number of hydrogen-bond acceptors (Lipinski definition) is 12. The summed E-state index contributed by atoms with van der Waals surface area (Å²) in [6.45, 7) is 8.69. The Labute approximate surface area is 486 Å². The van der Waals surface area contributed by atoms with E-state index in [1.54, 1.807) is 72.8 Å². The van der Waals surface area contributed by atoms with Gasteiger partial charge in [0.25, 0.3) is 0 Å². The van der Waals surface area contributed by atoms with Crippen molar-refractivity contribution in [3.63, 3.8) is 0 Å². The molecule has 12 nitrogen and oxygen atoms in total. The molecule has 1 aliphatic carbocycles. The SMILES string of the molecule is C=CC(=O)OCCCCCCOc1ccc(OC(=O)c2ccc(N(C)c3ccc(C4(c5ccc(N(C)c6ccc(C(=O)Oc7ccc(OCCCCCCOC(=O)C=C)cc7)cc6)cc5)c5ccccc5-c5ccccc54)cc3)cc2)cc1. The fourth-order valence-electron chi connectivity index (χ4n) is 10.3. The van der Waals surface area contributed by atoms with E-state index in [0.717, 1.165) is 85.2 Å². The molecule has 0 N–H and O–H groups in total. The molecular formula is C71H68N2O10. The van der Waals surface area contributed by atoms with Crippen molar-refractivity contribution in [3.8, 4) is 34.1 Å². The smallest absolute Gasteiger partial charge is 0.343 e. The van der Waals surface area contributed by atoms with Crippen molar-refractivity contribution in [2.24, 2.45) is 0 Å². The first-order valence-electron chi connectivity index (χ1n) is 28.1. The second kappa shape index (κ2) is 28.1. The maximum Gasteiger partial charge on any atom is 0.343 e. The van der Waals surface area contributed by atoms with Crippen LogP contribution in [0.2, 0.25) is 0 Å². The third kappa shape index (κ3) is 14.3. The van der Waals surface area contributed by atoms with Crippen LogP contribution in [0.5, 0.6) is 23.0 Å². The third-order valence-electron chi connectivity index (χ3n) is 14.8. The quantitative estimate of drug-likeness (QED) is 0.0200. The Morgan fingerprint density at radius 3 is 1.05 bits per heavy atom. The van der Waals surface area contributed by atoms with Gasteiger partial charge in [0.1, 0.15) is 23.0 Å². The van der Waals surface area contributed by atoms with E-state index in [1.807, 2.05) is 38.4 Å². The number of nitrogens with zero attached hydrogens (tertiary/aromatic N) is 2. The zero-order valence-electron chi connectivity index (χ0n) is 47.0. The Balaban J connectivity index is 0.817. The minimum absolute atomic E-state index is 0.390. The molecule has 0 bridgehead atoms. The normalized spacial score (nSPS) is 11.7. The van der Waals surface area contributed by atoms with Crippen LogP contribution in [-0.4, -0.2) is 64.4 Å². The van der Waals surface area contributed by atoms with Crippen LogP contribution >= 0.6 is 0 Å². The Morgan fingerprint density at radius 1 is 0.386 bits per heavy atom. The maximum absolute atomic E-state index is 13.2. The van der Waals surface area contributed by atoms with Crippen LogP contribution in [0, 0.1) is 0 Å². The second-order valence-corrected chi connectivity index (χ2v) is 20.1. The van der Waals surface area contributed by atoms with Crippen molar-refractivity contribution >= 4 is 46.6 Å². The van der Waals surface area contributed by atoms with E-state index in [1.165, 1.54) is 34.4 Å². The molecule has 0 amide bonds. The van der Waals surface area contributed by atoms with Gasteiger partial charge in [0.2, 0.25) is 0 Å². The van der Waals surface area contributed by atoms with E-state index in [9.17, 15) is 19.2 Å². The molecule has 0 spiro atoms. The number of carbonyl (C=O) groups excluding carboxylic acids is 4. The number of hydrogen-bond donors (Lipinski definition) is 0. The molecule has 0 fully saturated rings. The molecule has 9 rings (SSSR count). The summed E-state index contributed by atoms with van der Waals surface area (Å²) in [6.07, 6.45) is 9.44. The molecule has 8 aromatic rings. The van der Waals surface area contributed by atoms with E-state index in [2.05, 4.69) is 120 Å². The minimum atomic E-state index is -0.620. The molecule has 0 atom stereocenters. The predicted octanol–water partition coefficient (Wildman–Crippen LogP) is 15.4. The molecule has 422 valence electrons. The summed E-state index contributed by atoms with van der Waals surface area (Å²) in [6, 6.07) is 63.7. The number of anilines is 4. The van der Waals surface area contributed by atoms with E-state index >= 15 is 0 Å². The lowest BCUT2D eigenvalue weighted by molar-refractivity contribution is -0.138. The summed E-state index contributed by atoms with van der Waals surface area (Å²) in [5.41, 5.74) is 11.1. The fraction of sp³-hybridized carbons (Fsp3) is 0.211. The van der Waals surface area contributed by atoms with Gasteiger partial charge < -0.3 is 38.2 Å². The maximum atomic E-state index is 13.2. The summed E-state index contributed by atoms with van der Waals surface area (Å²) >= 11 is 0. The van der Waals surface area contributed by atoms with Crippen molar-refractivity contribution in [3.05, 3.63) is 253 Å². The molecule has 0 aliphatic heterocycles. The van der Waals surface area contributed by atoms with Gasteiger partial charge in [-0.05, 0) is 206 Å². The van der Waals surface area contributed by atoms with E-state index in [-0.39, 0.29) is 0 Å². The average molecular weight is 1110 g/mol. The first kappa shape index (κ1) is 58.0. The van der Waals surface area contributed by atoms with E-state index in [4.69, 9.17) is 28.4 Å². The molecule has 12 heteroatoms. The lowest BCUT2D eigenvalue weighted by atomic mass is 9.67. The number of rotatable bonds is 28. The summed E-state index contributed by atoms with van der Waals surface area (Å²) in [7, 11) is 4.03. The number of esters is 4. The monoisotopic (exact) mass is 1110 g/mol. The van der Waals surface area contributed by atoms with Crippen molar-refractivity contribution in [1.29, 1.82) is 0 Å². The highest BCUT2D eigenvalue weighted by molar-refractivity contribution is 5.93. The molecule has 0 heterocycles. The van der Waals surface area contributed by atoms with Gasteiger partial charge in [0.05, 0.1) is 43.0 Å². The summed E-state index contributed by atoms with van der Waals surface area (Å²) in [5.74, 6) is 0.514. The van der Waals surface area contributed by atoms with Gasteiger partial charge in [-0.1, -0.05) is 86.0 Å².